The van der Waals surface area contributed by atoms with Gasteiger partial charge in [-0.1, -0.05) is 54.6 Å². The lowest BCUT2D eigenvalue weighted by Gasteiger charge is -2.33. The Morgan fingerprint density at radius 1 is 0.475 bits per heavy atom. The van der Waals surface area contributed by atoms with Crippen molar-refractivity contribution in [2.45, 2.75) is 46.6 Å². The second-order valence-corrected chi connectivity index (χ2v) is 14.5. The van der Waals surface area contributed by atoms with Gasteiger partial charge in [0.2, 0.25) is 11.6 Å². The highest BCUT2D eigenvalue weighted by Crippen LogP contribution is 2.56. The summed E-state index contributed by atoms with van der Waals surface area (Å²) >= 11 is 0. The Morgan fingerprint density at radius 2 is 0.847 bits per heavy atom. The summed E-state index contributed by atoms with van der Waals surface area (Å²) in [7, 11) is -14.6. The number of carbonyl (C=O) groups is 1. The number of Topliss-reactive ketones (excluding diaryl/α,β-unsaturated/α-hetero) is 1. The molecule has 0 aliphatic carbocycles. The predicted octanol–water partition coefficient (Wildman–Crippen LogP) is 9.41. The molecule has 3 aromatic rings. The van der Waals surface area contributed by atoms with Crippen LogP contribution in [0.5, 0.6) is 0 Å². The van der Waals surface area contributed by atoms with Crippen LogP contribution in [-0.4, -0.2) is 75.0 Å². The first-order valence-corrected chi connectivity index (χ1v) is 17.5. The van der Waals surface area contributed by atoms with Crippen LogP contribution in [0.15, 0.2) is 94.2 Å². The number of rotatable bonds is 15. The number of anilines is 3. The molecular weight excluding hydrogens is 906 g/mol. The van der Waals surface area contributed by atoms with E-state index in [-0.39, 0.29) is 0 Å². The third kappa shape index (κ3) is 8.69. The van der Waals surface area contributed by atoms with E-state index in [2.05, 4.69) is 15.3 Å². The molecule has 3 rings (SSSR count). The van der Waals surface area contributed by atoms with Gasteiger partial charge in [-0.15, -0.1) is 15.3 Å². The number of halogens is 18. The number of ketones is 1. The summed E-state index contributed by atoms with van der Waals surface area (Å²) in [6, 6.07) is 10.9. The second-order valence-electron chi connectivity index (χ2n) is 11.0. The van der Waals surface area contributed by atoms with Crippen molar-refractivity contribution in [2.24, 2.45) is 15.3 Å². The van der Waals surface area contributed by atoms with Crippen molar-refractivity contribution in [3.05, 3.63) is 84.4 Å². The SMILES string of the molecule is O=C(/C(N=Nc1ccccc1NS(=O)(=O)C(F)(F)C(F)(F)C(F)(F)C(F)(F)F)=N/Nc1ccccc1NS(=O)(=O)C(F)(F)C(F)(F)C(F)(F)C(F)(F)F)c1ccccc1. The minimum absolute atomic E-state index is 0.377. The molecule has 0 spiro atoms. The number of sulfonamides is 2. The summed E-state index contributed by atoms with van der Waals surface area (Å²) in [5.41, 5.74) is -3.59. The molecule has 0 atom stereocenters. The average Bonchev–Trinajstić information content (AvgIpc) is 3.11. The fourth-order valence-corrected chi connectivity index (χ4v) is 5.96. The summed E-state index contributed by atoms with van der Waals surface area (Å²) in [5, 5.41) is -4.60. The number of hydrogen-bond acceptors (Lipinski definition) is 8. The molecule has 0 bridgehead atoms. The number of nitrogens with one attached hydrogen (secondary N) is 3. The van der Waals surface area contributed by atoms with Crippen LogP contribution in [0.1, 0.15) is 10.4 Å². The summed E-state index contributed by atoms with van der Waals surface area (Å²) < 4.78 is 292. The fraction of sp³-hybridized carbons (Fsp3) is 0.286. The zero-order chi connectivity index (χ0) is 45.5. The summed E-state index contributed by atoms with van der Waals surface area (Å²) in [6.07, 6.45) is -14.8. The minimum atomic E-state index is -7.66. The summed E-state index contributed by atoms with van der Waals surface area (Å²) in [4.78, 5) is 13.2. The Bertz CT molecular complexity index is 2320. The van der Waals surface area contributed by atoms with Gasteiger partial charge in [0, 0.05) is 5.56 Å². The van der Waals surface area contributed by atoms with Crippen LogP contribution in [0.2, 0.25) is 0 Å². The highest BCUT2D eigenvalue weighted by molar-refractivity contribution is 7.94. The first-order chi connectivity index (χ1) is 26.5. The molecule has 0 amide bonds. The number of nitrogens with zero attached hydrogens (tertiary/aromatic N) is 3. The van der Waals surface area contributed by atoms with Crippen LogP contribution in [0, 0.1) is 0 Å². The van der Waals surface area contributed by atoms with Crippen LogP contribution in [0.4, 0.5) is 102 Å². The summed E-state index contributed by atoms with van der Waals surface area (Å²) in [6.45, 7) is 0. The number of benzene rings is 3. The number of alkyl halides is 18. The molecule has 3 N–H and O–H groups in total. The highest BCUT2D eigenvalue weighted by Gasteiger charge is 2.86. The van der Waals surface area contributed by atoms with Gasteiger partial charge in [-0.05, 0) is 24.3 Å². The number of hydrazone groups is 1. The van der Waals surface area contributed by atoms with Gasteiger partial charge in [0.15, 0.2) is 0 Å². The van der Waals surface area contributed by atoms with Crippen molar-refractivity contribution >= 4 is 54.4 Å². The summed E-state index contributed by atoms with van der Waals surface area (Å²) in [5.74, 6) is -33.3. The van der Waals surface area contributed by atoms with Crippen molar-refractivity contribution in [2.75, 3.05) is 14.9 Å². The van der Waals surface area contributed by atoms with Crippen molar-refractivity contribution in [1.82, 2.24) is 0 Å². The van der Waals surface area contributed by atoms with E-state index >= 15 is 0 Å². The zero-order valence-electron chi connectivity index (χ0n) is 27.5. The Hall–Kier alpha value is -5.36. The number of para-hydroxylation sites is 3. The molecule has 0 heterocycles. The number of azo groups is 1. The highest BCUT2D eigenvalue weighted by atomic mass is 32.2. The van der Waals surface area contributed by atoms with Crippen molar-refractivity contribution < 1.29 is 101 Å². The van der Waals surface area contributed by atoms with Crippen molar-refractivity contribution in [1.29, 1.82) is 0 Å². The van der Waals surface area contributed by atoms with E-state index in [4.69, 9.17) is 0 Å². The third-order valence-corrected chi connectivity index (χ3v) is 9.84. The largest absolute Gasteiger partial charge is 0.460 e. The van der Waals surface area contributed by atoms with Crippen molar-refractivity contribution in [3.63, 3.8) is 0 Å². The Kier molecular flexibility index (Phi) is 12.8. The number of amidine groups is 1. The number of hydrogen-bond donors (Lipinski definition) is 3. The van der Waals surface area contributed by atoms with E-state index in [9.17, 15) is 101 Å². The van der Waals surface area contributed by atoms with E-state index in [0.717, 1.165) is 36.4 Å². The van der Waals surface area contributed by atoms with E-state index in [1.807, 2.05) is 0 Å². The van der Waals surface area contributed by atoms with E-state index < -0.39 is 107 Å². The van der Waals surface area contributed by atoms with Gasteiger partial charge in [0.05, 0.1) is 17.1 Å². The van der Waals surface area contributed by atoms with Gasteiger partial charge < -0.3 is 0 Å². The monoisotopic (exact) mass is 922 g/mol. The minimum Gasteiger partial charge on any atom is -0.285 e. The normalized spacial score (nSPS) is 14.6. The quantitative estimate of drug-likeness (QED) is 0.0344. The number of carbonyl (C=O) groups excluding carboxylic acids is 1. The fourth-order valence-electron chi connectivity index (χ4n) is 3.85. The van der Waals surface area contributed by atoms with E-state index in [1.165, 1.54) is 18.2 Å². The lowest BCUT2D eigenvalue weighted by molar-refractivity contribution is -0.382. The maximum atomic E-state index is 14.3. The molecular formula is C28H16F18N6O5S2. The van der Waals surface area contributed by atoms with Gasteiger partial charge in [-0.3, -0.25) is 19.7 Å². The Labute approximate surface area is 316 Å². The van der Waals surface area contributed by atoms with Crippen LogP contribution >= 0.6 is 0 Å². The van der Waals surface area contributed by atoms with Gasteiger partial charge in [-0.2, -0.15) is 95.9 Å². The maximum absolute atomic E-state index is 14.3. The molecule has 0 aromatic heterocycles. The van der Waals surface area contributed by atoms with Crippen molar-refractivity contribution in [3.8, 4) is 0 Å². The molecule has 326 valence electrons. The molecule has 0 aliphatic rings. The molecule has 31 heteroatoms. The molecule has 0 aliphatic heterocycles. The molecule has 59 heavy (non-hydrogen) atoms. The van der Waals surface area contributed by atoms with Crippen LogP contribution in [0.3, 0.4) is 0 Å². The maximum Gasteiger partial charge on any atom is 0.460 e. The first kappa shape index (κ1) is 48.0. The Morgan fingerprint density at radius 3 is 1.29 bits per heavy atom. The van der Waals surface area contributed by atoms with E-state index in [0.29, 0.717) is 33.7 Å². The standard InChI is InChI=1S/C28H16F18N6O5S2/c29-21(30,25(37,38)39)23(33,34)27(43,44)58(54,55)51-17-12-6-4-10-15(17)47-49-20(19(53)14-8-2-1-3-9-14)50-48-16-11-5-7-13-18(16)52-59(56,57)28(45,46)24(35,36)22(31,32)26(40,41)42/h1-13,47,51-52H/b49-20-,50-48?. The third-order valence-electron chi connectivity index (χ3n) is 7.00. The lowest BCUT2D eigenvalue weighted by atomic mass is 10.1. The van der Waals surface area contributed by atoms with E-state index in [1.54, 1.807) is 5.43 Å². The zero-order valence-corrected chi connectivity index (χ0v) is 29.1. The predicted molar refractivity (Wildman–Crippen MR) is 166 cm³/mol. The smallest absolute Gasteiger partial charge is 0.285 e. The van der Waals surface area contributed by atoms with Gasteiger partial charge >= 0.3 is 66.6 Å². The van der Waals surface area contributed by atoms with Gasteiger partial charge in [0.1, 0.15) is 5.69 Å². The topological polar surface area (TPSA) is 159 Å². The molecule has 11 nitrogen and oxygen atoms in total. The average molecular weight is 923 g/mol. The molecule has 0 radical (unpaired) electrons. The molecule has 0 unspecified atom stereocenters. The Balaban J connectivity index is 2.09. The van der Waals surface area contributed by atoms with Gasteiger partial charge in [0.25, 0.3) is 0 Å². The molecule has 0 fully saturated rings. The van der Waals surface area contributed by atoms with Gasteiger partial charge in [-0.25, -0.2) is 0 Å². The van der Waals surface area contributed by atoms with Crippen LogP contribution in [0.25, 0.3) is 0 Å². The lowest BCUT2D eigenvalue weighted by Crippen LogP contribution is -2.64. The molecule has 3 aromatic carbocycles. The van der Waals surface area contributed by atoms with Crippen LogP contribution in [-0.2, 0) is 20.0 Å². The molecule has 0 saturated heterocycles. The molecule has 0 saturated carbocycles. The first-order valence-electron chi connectivity index (χ1n) is 14.5. The second kappa shape index (κ2) is 15.7. The van der Waals surface area contributed by atoms with Crippen LogP contribution < -0.4 is 14.9 Å².